The van der Waals surface area contributed by atoms with E-state index in [1.54, 1.807) is 24.5 Å². The van der Waals surface area contributed by atoms with Crippen LogP contribution in [0.5, 0.6) is 0 Å². The molecule has 26 heavy (non-hydrogen) atoms. The Bertz CT molecular complexity index is 1150. The molecular weight excluding hydrogens is 350 g/mol. The van der Waals surface area contributed by atoms with Gasteiger partial charge in [-0.1, -0.05) is 30.3 Å². The molecule has 0 atom stereocenters. The van der Waals surface area contributed by atoms with Crippen molar-refractivity contribution in [3.63, 3.8) is 0 Å². The molecule has 0 unspecified atom stereocenters. The van der Waals surface area contributed by atoms with Gasteiger partial charge in [0.2, 0.25) is 0 Å². The predicted molar refractivity (Wildman–Crippen MR) is 100 cm³/mol. The standard InChI is InChI=1S/C19H13N3O3S/c23-15(24)10-22-17(13-7-4-8-20-9-13)21-18-16(19(22)25)14(11-26-18)12-5-2-1-3-6-12/h1-9,11H,10H2,(H,23,24). The number of rotatable bonds is 4. The Balaban J connectivity index is 2.03. The summed E-state index contributed by atoms with van der Waals surface area (Å²) < 4.78 is 1.20. The summed E-state index contributed by atoms with van der Waals surface area (Å²) in [6.07, 6.45) is 3.18. The molecule has 0 amide bonds. The van der Waals surface area contributed by atoms with Crippen LogP contribution in [-0.4, -0.2) is 25.6 Å². The molecule has 0 saturated carbocycles. The van der Waals surface area contributed by atoms with Gasteiger partial charge in [-0.3, -0.25) is 19.1 Å². The highest BCUT2D eigenvalue weighted by Gasteiger charge is 2.19. The topological polar surface area (TPSA) is 85.1 Å². The highest BCUT2D eigenvalue weighted by molar-refractivity contribution is 7.17. The van der Waals surface area contributed by atoms with Crippen LogP contribution in [-0.2, 0) is 11.3 Å². The van der Waals surface area contributed by atoms with Gasteiger partial charge in [0.05, 0.1) is 5.39 Å². The van der Waals surface area contributed by atoms with E-state index >= 15 is 0 Å². The first kappa shape index (κ1) is 16.2. The Morgan fingerprint density at radius 1 is 1.12 bits per heavy atom. The number of hydrogen-bond donors (Lipinski definition) is 1. The third-order valence-electron chi connectivity index (χ3n) is 3.99. The van der Waals surface area contributed by atoms with Crippen molar-refractivity contribution in [2.24, 2.45) is 0 Å². The molecule has 3 heterocycles. The van der Waals surface area contributed by atoms with Gasteiger partial charge in [0.1, 0.15) is 17.2 Å². The number of aromatic nitrogens is 3. The van der Waals surface area contributed by atoms with Crippen LogP contribution >= 0.6 is 11.3 Å². The molecular formula is C19H13N3O3S. The van der Waals surface area contributed by atoms with Crippen molar-refractivity contribution in [1.29, 1.82) is 0 Å². The van der Waals surface area contributed by atoms with Crippen molar-refractivity contribution >= 4 is 27.5 Å². The Kier molecular flexibility index (Phi) is 4.06. The minimum atomic E-state index is -1.10. The van der Waals surface area contributed by atoms with Crippen molar-refractivity contribution in [2.45, 2.75) is 6.54 Å². The van der Waals surface area contributed by atoms with E-state index in [1.807, 2.05) is 35.7 Å². The van der Waals surface area contributed by atoms with Crippen LogP contribution in [0.2, 0.25) is 0 Å². The van der Waals surface area contributed by atoms with Crippen LogP contribution in [0, 0.1) is 0 Å². The van der Waals surface area contributed by atoms with E-state index in [0.717, 1.165) is 11.1 Å². The van der Waals surface area contributed by atoms with E-state index in [-0.39, 0.29) is 5.56 Å². The van der Waals surface area contributed by atoms with E-state index in [9.17, 15) is 14.7 Å². The van der Waals surface area contributed by atoms with Gasteiger partial charge in [0.25, 0.3) is 5.56 Å². The Morgan fingerprint density at radius 2 is 1.88 bits per heavy atom. The number of carboxylic acid groups (broad SMARTS) is 1. The van der Waals surface area contributed by atoms with Crippen molar-refractivity contribution in [3.8, 4) is 22.5 Å². The largest absolute Gasteiger partial charge is 0.480 e. The average Bonchev–Trinajstić information content (AvgIpc) is 3.09. The van der Waals surface area contributed by atoms with Gasteiger partial charge in [0, 0.05) is 28.9 Å². The van der Waals surface area contributed by atoms with Gasteiger partial charge in [0.15, 0.2) is 0 Å². The zero-order chi connectivity index (χ0) is 18.1. The highest BCUT2D eigenvalue weighted by Crippen LogP contribution is 2.32. The molecule has 4 aromatic rings. The Labute approximate surface area is 152 Å². The third kappa shape index (κ3) is 2.78. The molecule has 128 valence electrons. The number of aliphatic carboxylic acids is 1. The molecule has 4 rings (SSSR count). The SMILES string of the molecule is O=C(O)Cn1c(-c2cccnc2)nc2scc(-c3ccccc3)c2c1=O. The lowest BCUT2D eigenvalue weighted by Gasteiger charge is -2.11. The molecule has 0 saturated heterocycles. The van der Waals surface area contributed by atoms with E-state index in [4.69, 9.17) is 0 Å². The number of benzene rings is 1. The lowest BCUT2D eigenvalue weighted by molar-refractivity contribution is -0.137. The number of thiophene rings is 1. The van der Waals surface area contributed by atoms with Gasteiger partial charge in [-0.25, -0.2) is 4.98 Å². The molecule has 0 radical (unpaired) electrons. The normalized spacial score (nSPS) is 10.9. The number of carboxylic acids is 1. The third-order valence-corrected chi connectivity index (χ3v) is 4.86. The predicted octanol–water partition coefficient (Wildman–Crippen LogP) is 3.27. The van der Waals surface area contributed by atoms with Gasteiger partial charge in [-0.05, 0) is 17.7 Å². The maximum absolute atomic E-state index is 13.2. The first-order valence-electron chi connectivity index (χ1n) is 7.85. The second-order valence-corrected chi connectivity index (χ2v) is 6.52. The lowest BCUT2D eigenvalue weighted by atomic mass is 10.1. The summed E-state index contributed by atoms with van der Waals surface area (Å²) in [6, 6.07) is 13.0. The van der Waals surface area contributed by atoms with Gasteiger partial charge >= 0.3 is 5.97 Å². The smallest absolute Gasteiger partial charge is 0.323 e. The first-order chi connectivity index (χ1) is 12.6. The molecule has 7 heteroatoms. The molecule has 0 bridgehead atoms. The number of nitrogens with zero attached hydrogens (tertiary/aromatic N) is 3. The molecule has 0 aliphatic heterocycles. The molecule has 0 aliphatic rings. The zero-order valence-corrected chi connectivity index (χ0v) is 14.3. The van der Waals surface area contributed by atoms with Crippen LogP contribution in [0.3, 0.4) is 0 Å². The van der Waals surface area contributed by atoms with Gasteiger partial charge < -0.3 is 5.11 Å². The summed E-state index contributed by atoms with van der Waals surface area (Å²) in [5.41, 5.74) is 1.90. The summed E-state index contributed by atoms with van der Waals surface area (Å²) in [4.78, 5) is 33.7. The number of pyridine rings is 1. The lowest BCUT2D eigenvalue weighted by Crippen LogP contribution is -2.26. The second kappa shape index (κ2) is 6.53. The maximum Gasteiger partial charge on any atom is 0.323 e. The molecule has 6 nitrogen and oxygen atoms in total. The summed E-state index contributed by atoms with van der Waals surface area (Å²) in [5, 5.41) is 11.6. The van der Waals surface area contributed by atoms with Crippen molar-refractivity contribution in [2.75, 3.05) is 0 Å². The summed E-state index contributed by atoms with van der Waals surface area (Å²) >= 11 is 1.37. The van der Waals surface area contributed by atoms with Crippen molar-refractivity contribution < 1.29 is 9.90 Å². The second-order valence-electron chi connectivity index (χ2n) is 5.66. The van der Waals surface area contributed by atoms with Crippen LogP contribution in [0.4, 0.5) is 0 Å². The molecule has 1 N–H and O–H groups in total. The van der Waals surface area contributed by atoms with Gasteiger partial charge in [-0.2, -0.15) is 0 Å². The zero-order valence-electron chi connectivity index (χ0n) is 13.5. The maximum atomic E-state index is 13.2. The van der Waals surface area contributed by atoms with Gasteiger partial charge in [-0.15, -0.1) is 11.3 Å². The van der Waals surface area contributed by atoms with Crippen LogP contribution in [0.1, 0.15) is 0 Å². The van der Waals surface area contributed by atoms with E-state index in [2.05, 4.69) is 9.97 Å². The van der Waals surface area contributed by atoms with Crippen LogP contribution in [0.25, 0.3) is 32.7 Å². The minimum absolute atomic E-state index is 0.305. The van der Waals surface area contributed by atoms with Crippen molar-refractivity contribution in [1.82, 2.24) is 14.5 Å². The van der Waals surface area contributed by atoms with E-state index in [1.165, 1.54) is 15.9 Å². The van der Waals surface area contributed by atoms with Crippen LogP contribution in [0.15, 0.2) is 65.0 Å². The molecule has 0 fully saturated rings. The van der Waals surface area contributed by atoms with E-state index in [0.29, 0.717) is 21.6 Å². The Morgan fingerprint density at radius 3 is 2.58 bits per heavy atom. The monoisotopic (exact) mass is 363 g/mol. The number of hydrogen-bond acceptors (Lipinski definition) is 5. The molecule has 1 aromatic carbocycles. The summed E-state index contributed by atoms with van der Waals surface area (Å²) in [5.74, 6) is -0.797. The van der Waals surface area contributed by atoms with E-state index < -0.39 is 12.5 Å². The van der Waals surface area contributed by atoms with Crippen molar-refractivity contribution in [3.05, 3.63) is 70.6 Å². The fourth-order valence-corrected chi connectivity index (χ4v) is 3.79. The first-order valence-corrected chi connectivity index (χ1v) is 8.73. The van der Waals surface area contributed by atoms with Crippen LogP contribution < -0.4 is 5.56 Å². The number of carbonyl (C=O) groups is 1. The average molecular weight is 363 g/mol. The summed E-state index contributed by atoms with van der Waals surface area (Å²) in [6.45, 7) is -0.462. The Hall–Kier alpha value is -3.32. The summed E-state index contributed by atoms with van der Waals surface area (Å²) in [7, 11) is 0. The quantitative estimate of drug-likeness (QED) is 0.601. The fourth-order valence-electron chi connectivity index (χ4n) is 2.85. The minimum Gasteiger partial charge on any atom is -0.480 e. The molecule has 0 aliphatic carbocycles. The highest BCUT2D eigenvalue weighted by atomic mass is 32.1. The fraction of sp³-hybridized carbons (Fsp3) is 0.0526. The number of fused-ring (bicyclic) bond motifs is 1. The molecule has 0 spiro atoms. The molecule has 3 aromatic heterocycles.